The van der Waals surface area contributed by atoms with E-state index < -0.39 is 0 Å². The Hall–Kier alpha value is -0.690. The van der Waals surface area contributed by atoms with Gasteiger partial charge in [-0.2, -0.15) is 0 Å². The van der Waals surface area contributed by atoms with Crippen molar-refractivity contribution in [2.45, 2.75) is 51.9 Å². The van der Waals surface area contributed by atoms with Gasteiger partial charge in [-0.1, -0.05) is 45.4 Å². The van der Waals surface area contributed by atoms with Crippen molar-refractivity contribution in [3.63, 3.8) is 0 Å². The number of benzene rings is 1. The summed E-state index contributed by atoms with van der Waals surface area (Å²) < 4.78 is 0. The molecule has 0 aromatic heterocycles. The number of aryl methyl sites for hydroxylation is 1. The molecule has 2 heteroatoms. The van der Waals surface area contributed by atoms with Gasteiger partial charge in [-0.05, 0) is 40.9 Å². The van der Waals surface area contributed by atoms with Crippen LogP contribution >= 0.6 is 11.6 Å². The molecule has 0 bridgehead atoms. The second kappa shape index (κ2) is 3.16. The zero-order chi connectivity index (χ0) is 12.3. The van der Waals surface area contributed by atoms with Crippen molar-refractivity contribution in [1.82, 2.24) is 0 Å². The van der Waals surface area contributed by atoms with Crippen LogP contribution in [-0.2, 0) is 10.8 Å². The molecule has 1 aliphatic rings. The van der Waals surface area contributed by atoms with Gasteiger partial charge < -0.3 is 5.73 Å². The van der Waals surface area contributed by atoms with Gasteiger partial charge in [0.15, 0.2) is 0 Å². The first kappa shape index (κ1) is 11.8. The third-order valence-electron chi connectivity index (χ3n) is 3.77. The van der Waals surface area contributed by atoms with E-state index in [-0.39, 0.29) is 10.8 Å². The molecule has 1 aliphatic carbocycles. The predicted molar refractivity (Wildman–Crippen MR) is 71.3 cm³/mol. The maximum absolute atomic E-state index is 6.26. The van der Waals surface area contributed by atoms with Crippen molar-refractivity contribution in [3.8, 4) is 0 Å². The zero-order valence-electron chi connectivity index (χ0n) is 10.7. The largest absolute Gasteiger partial charge is 0.397 e. The van der Waals surface area contributed by atoms with Gasteiger partial charge in [-0.15, -0.1) is 0 Å². The number of halogens is 1. The van der Waals surface area contributed by atoms with Gasteiger partial charge in [0.05, 0.1) is 10.7 Å². The summed E-state index contributed by atoms with van der Waals surface area (Å²) in [5, 5.41) is 0.726. The minimum atomic E-state index is 0.125. The van der Waals surface area contributed by atoms with E-state index in [1.54, 1.807) is 0 Å². The van der Waals surface area contributed by atoms with Crippen molar-refractivity contribution < 1.29 is 0 Å². The first-order chi connectivity index (χ1) is 7.17. The minimum Gasteiger partial charge on any atom is -0.397 e. The topological polar surface area (TPSA) is 26.0 Å². The number of anilines is 1. The third kappa shape index (κ3) is 1.45. The van der Waals surface area contributed by atoms with E-state index in [9.17, 15) is 0 Å². The Morgan fingerprint density at radius 3 is 2.31 bits per heavy atom. The van der Waals surface area contributed by atoms with Gasteiger partial charge >= 0.3 is 0 Å². The summed E-state index contributed by atoms with van der Waals surface area (Å²) in [6, 6.07) is 2.21. The van der Waals surface area contributed by atoms with Crippen LogP contribution < -0.4 is 5.73 Å². The van der Waals surface area contributed by atoms with Crippen molar-refractivity contribution >= 4 is 17.3 Å². The summed E-state index contributed by atoms with van der Waals surface area (Å²) >= 11 is 6.26. The zero-order valence-corrected chi connectivity index (χ0v) is 11.5. The number of hydrogen-bond acceptors (Lipinski definition) is 1. The average molecular weight is 238 g/mol. The first-order valence-corrected chi connectivity index (χ1v) is 6.14. The smallest absolute Gasteiger partial charge is 0.0667 e. The van der Waals surface area contributed by atoms with Crippen molar-refractivity contribution in [3.05, 3.63) is 27.8 Å². The Balaban J connectivity index is 2.82. The summed E-state index contributed by atoms with van der Waals surface area (Å²) in [5.74, 6) is 0. The second-order valence-corrected chi connectivity index (χ2v) is 6.67. The summed E-state index contributed by atoms with van der Waals surface area (Å²) in [5.41, 5.74) is 11.0. The molecule has 0 aliphatic heterocycles. The fourth-order valence-corrected chi connectivity index (χ4v) is 3.52. The lowest BCUT2D eigenvalue weighted by Crippen LogP contribution is -2.18. The Labute approximate surface area is 103 Å². The van der Waals surface area contributed by atoms with E-state index in [2.05, 4.69) is 33.8 Å². The van der Waals surface area contributed by atoms with Crippen LogP contribution in [0, 0.1) is 6.92 Å². The average Bonchev–Trinajstić information content (AvgIpc) is 2.28. The molecule has 0 amide bonds. The van der Waals surface area contributed by atoms with Crippen LogP contribution in [0.15, 0.2) is 6.07 Å². The van der Waals surface area contributed by atoms with Crippen LogP contribution in [0.3, 0.4) is 0 Å². The molecule has 0 radical (unpaired) electrons. The van der Waals surface area contributed by atoms with E-state index in [0.717, 1.165) is 22.7 Å². The first-order valence-electron chi connectivity index (χ1n) is 5.76. The highest BCUT2D eigenvalue weighted by molar-refractivity contribution is 6.34. The Morgan fingerprint density at radius 1 is 1.19 bits per heavy atom. The Bertz CT molecular complexity index is 458. The molecule has 1 aromatic rings. The highest BCUT2D eigenvalue weighted by Crippen LogP contribution is 2.53. The van der Waals surface area contributed by atoms with Gasteiger partial charge in [0.25, 0.3) is 0 Å². The Kier molecular flexibility index (Phi) is 2.33. The maximum atomic E-state index is 6.26. The summed E-state index contributed by atoms with van der Waals surface area (Å²) in [4.78, 5) is 0. The number of rotatable bonds is 0. The molecular formula is C14H20ClN. The van der Waals surface area contributed by atoms with Gasteiger partial charge in [0, 0.05) is 0 Å². The highest BCUT2D eigenvalue weighted by Gasteiger charge is 2.43. The molecule has 0 saturated carbocycles. The standard InChI is InChI=1S/C14H20ClN/c1-8-6-9-10(12(16)11(8)15)14(4,5)7-13(9,2)3/h6H,7,16H2,1-5H3. The van der Waals surface area contributed by atoms with E-state index in [1.165, 1.54) is 11.1 Å². The molecule has 2 rings (SSSR count). The number of fused-ring (bicyclic) bond motifs is 1. The molecule has 0 spiro atoms. The maximum Gasteiger partial charge on any atom is 0.0667 e. The normalized spacial score (nSPS) is 20.9. The van der Waals surface area contributed by atoms with E-state index in [0.29, 0.717) is 0 Å². The third-order valence-corrected chi connectivity index (χ3v) is 4.27. The molecule has 1 nitrogen and oxygen atoms in total. The van der Waals surface area contributed by atoms with Crippen molar-refractivity contribution in [2.24, 2.45) is 0 Å². The van der Waals surface area contributed by atoms with Crippen molar-refractivity contribution in [2.75, 3.05) is 5.73 Å². The molecule has 0 heterocycles. The summed E-state index contributed by atoms with van der Waals surface area (Å²) in [6.45, 7) is 11.1. The predicted octanol–water partition coefficient (Wildman–Crippen LogP) is 4.19. The fraction of sp³-hybridized carbons (Fsp3) is 0.571. The number of hydrogen-bond donors (Lipinski definition) is 1. The van der Waals surface area contributed by atoms with Crippen LogP contribution in [0.2, 0.25) is 5.02 Å². The number of nitrogens with two attached hydrogens (primary N) is 1. The van der Waals surface area contributed by atoms with Gasteiger partial charge in [-0.3, -0.25) is 0 Å². The van der Waals surface area contributed by atoms with Crippen molar-refractivity contribution in [1.29, 1.82) is 0 Å². The van der Waals surface area contributed by atoms with Crippen LogP contribution in [0.1, 0.15) is 50.8 Å². The lowest BCUT2D eigenvalue weighted by Gasteiger charge is -2.23. The van der Waals surface area contributed by atoms with E-state index in [1.807, 2.05) is 6.92 Å². The SMILES string of the molecule is Cc1cc2c(c(N)c1Cl)C(C)(C)CC2(C)C. The molecule has 0 unspecified atom stereocenters. The second-order valence-electron chi connectivity index (χ2n) is 6.29. The molecule has 88 valence electrons. The van der Waals surface area contributed by atoms with Crippen LogP contribution in [-0.4, -0.2) is 0 Å². The van der Waals surface area contributed by atoms with Gasteiger partial charge in [-0.25, -0.2) is 0 Å². The van der Waals surface area contributed by atoms with Crippen LogP contribution in [0.25, 0.3) is 0 Å². The molecule has 16 heavy (non-hydrogen) atoms. The summed E-state index contributed by atoms with van der Waals surface area (Å²) in [6.07, 6.45) is 1.12. The number of nitrogen functional groups attached to an aromatic ring is 1. The lowest BCUT2D eigenvalue weighted by atomic mass is 9.81. The van der Waals surface area contributed by atoms with E-state index >= 15 is 0 Å². The van der Waals surface area contributed by atoms with Gasteiger partial charge in [0.1, 0.15) is 0 Å². The Morgan fingerprint density at radius 2 is 1.75 bits per heavy atom. The quantitative estimate of drug-likeness (QED) is 0.673. The molecule has 2 N–H and O–H groups in total. The minimum absolute atomic E-state index is 0.125. The highest BCUT2D eigenvalue weighted by atomic mass is 35.5. The van der Waals surface area contributed by atoms with Gasteiger partial charge in [0.2, 0.25) is 0 Å². The lowest BCUT2D eigenvalue weighted by molar-refractivity contribution is 0.403. The van der Waals surface area contributed by atoms with Crippen LogP contribution in [0.5, 0.6) is 0 Å². The van der Waals surface area contributed by atoms with E-state index in [4.69, 9.17) is 17.3 Å². The molecule has 0 atom stereocenters. The molecular weight excluding hydrogens is 218 g/mol. The molecule has 0 fully saturated rings. The molecule has 0 saturated heterocycles. The van der Waals surface area contributed by atoms with Crippen LogP contribution in [0.4, 0.5) is 5.69 Å². The summed E-state index contributed by atoms with van der Waals surface area (Å²) in [7, 11) is 0. The fourth-order valence-electron chi connectivity index (χ4n) is 3.37. The molecule has 1 aromatic carbocycles. The monoisotopic (exact) mass is 237 g/mol.